The van der Waals surface area contributed by atoms with Crippen LogP contribution in [-0.4, -0.2) is 24.6 Å². The average Bonchev–Trinajstić information content (AvgIpc) is 2.87. The number of benzene rings is 3. The van der Waals surface area contributed by atoms with Crippen LogP contribution in [0.5, 0.6) is 5.75 Å². The van der Waals surface area contributed by atoms with E-state index in [2.05, 4.69) is 19.1 Å². The van der Waals surface area contributed by atoms with E-state index in [1.807, 2.05) is 55.5 Å². The maximum absolute atomic E-state index is 12.1. The number of rotatable bonds is 10. The highest BCUT2D eigenvalue weighted by molar-refractivity contribution is 7.62. The summed E-state index contributed by atoms with van der Waals surface area (Å²) in [6, 6.07) is 26.4. The van der Waals surface area contributed by atoms with Crippen molar-refractivity contribution < 1.29 is 18.8 Å². The summed E-state index contributed by atoms with van der Waals surface area (Å²) in [5, 5.41) is 0. The fourth-order valence-electron chi connectivity index (χ4n) is 3.11. The van der Waals surface area contributed by atoms with Gasteiger partial charge in [-0.1, -0.05) is 114 Å². The van der Waals surface area contributed by atoms with E-state index in [0.29, 0.717) is 17.2 Å². The van der Waals surface area contributed by atoms with Crippen molar-refractivity contribution in [3.8, 4) is 5.75 Å². The Hall–Kier alpha value is -2.41. The number of ketones is 2. The number of ether oxygens (including phenoxy) is 1. The number of halogens is 3. The predicted octanol–water partition coefficient (Wildman–Crippen LogP) is 8.10. The van der Waals surface area contributed by atoms with Gasteiger partial charge in [-0.25, -0.2) is 0 Å². The summed E-state index contributed by atoms with van der Waals surface area (Å²) >= 11 is 16.7. The molecule has 0 amide bonds. The van der Waals surface area contributed by atoms with Crippen LogP contribution in [0.25, 0.3) is 6.08 Å². The first-order valence-corrected chi connectivity index (χ1v) is 16.3. The van der Waals surface area contributed by atoms with E-state index in [1.165, 1.54) is 11.6 Å². The number of hydrogen-bond acceptors (Lipinski definition) is 4. The van der Waals surface area contributed by atoms with Gasteiger partial charge < -0.3 is 9.16 Å². The van der Waals surface area contributed by atoms with Gasteiger partial charge in [-0.15, -0.1) is 0 Å². The van der Waals surface area contributed by atoms with Gasteiger partial charge in [0.2, 0.25) is 0 Å². The third-order valence-corrected chi connectivity index (χ3v) is 6.96. The Morgan fingerprint density at radius 2 is 1.42 bits per heavy atom. The van der Waals surface area contributed by atoms with Crippen molar-refractivity contribution in [2.24, 2.45) is 5.92 Å². The molecule has 0 saturated carbocycles. The molecule has 2 atom stereocenters. The van der Waals surface area contributed by atoms with Crippen LogP contribution in [0.3, 0.4) is 0 Å². The van der Waals surface area contributed by atoms with Crippen LogP contribution in [0, 0.1) is 5.92 Å². The van der Waals surface area contributed by atoms with E-state index in [-0.39, 0.29) is 24.3 Å². The van der Waals surface area contributed by atoms with Crippen molar-refractivity contribution >= 4 is 57.1 Å². The molecule has 3 aromatic carbocycles. The summed E-state index contributed by atoms with van der Waals surface area (Å²) in [4.78, 5) is 23.2. The summed E-state index contributed by atoms with van der Waals surface area (Å²) < 4.78 is 10.2. The second-order valence-corrected chi connectivity index (χ2v) is 15.8. The Balaban J connectivity index is 0.000000297. The van der Waals surface area contributed by atoms with Crippen molar-refractivity contribution in [2.45, 2.75) is 26.7 Å². The zero-order valence-electron chi connectivity index (χ0n) is 20.4. The molecule has 0 spiro atoms. The van der Waals surface area contributed by atoms with Crippen LogP contribution < -0.4 is 4.74 Å². The molecule has 190 valence electrons. The average molecular weight is 564 g/mol. The molecule has 0 radical (unpaired) electrons. The second-order valence-electron chi connectivity index (χ2n) is 8.08. The molecule has 0 aliphatic heterocycles. The van der Waals surface area contributed by atoms with E-state index >= 15 is 0 Å². The van der Waals surface area contributed by atoms with Crippen molar-refractivity contribution in [3.05, 3.63) is 108 Å². The summed E-state index contributed by atoms with van der Waals surface area (Å²) in [5.74, 6) is 1.12. The summed E-state index contributed by atoms with van der Waals surface area (Å²) in [6.45, 7) is 5.59. The van der Waals surface area contributed by atoms with Crippen LogP contribution in [0.2, 0.25) is 0 Å². The van der Waals surface area contributed by atoms with E-state index < -0.39 is 6.25 Å². The van der Waals surface area contributed by atoms with Gasteiger partial charge in [0.05, 0.1) is 0 Å². The minimum atomic E-state index is -3.15. The van der Waals surface area contributed by atoms with Crippen molar-refractivity contribution in [1.82, 2.24) is 0 Å². The van der Waals surface area contributed by atoms with Gasteiger partial charge in [-0.3, -0.25) is 9.59 Å². The lowest BCUT2D eigenvalue weighted by Gasteiger charge is -2.17. The molecule has 0 aliphatic rings. The molecule has 0 N–H and O–H groups in total. The maximum Gasteiger partial charge on any atom is 0.496 e. The molecule has 4 nitrogen and oxygen atoms in total. The van der Waals surface area contributed by atoms with Crippen molar-refractivity contribution in [3.63, 3.8) is 0 Å². The Morgan fingerprint density at radius 3 is 1.94 bits per heavy atom. The van der Waals surface area contributed by atoms with Crippen molar-refractivity contribution in [2.75, 3.05) is 6.79 Å². The molecule has 0 heterocycles. The Morgan fingerprint density at radius 1 is 0.861 bits per heavy atom. The van der Waals surface area contributed by atoms with Crippen LogP contribution in [0.4, 0.5) is 0 Å². The maximum atomic E-state index is 12.1. The highest BCUT2D eigenvalue weighted by atomic mass is 35.8. The Kier molecular flexibility index (Phi) is 12.4. The van der Waals surface area contributed by atoms with Gasteiger partial charge in [0.25, 0.3) is 0 Å². The van der Waals surface area contributed by atoms with E-state index in [1.54, 1.807) is 37.3 Å². The Bertz CT molecular complexity index is 1120. The molecule has 0 aliphatic carbocycles. The number of Topliss-reactive ketones (excluding diaryl/α,β-unsaturated/α-hetero) is 1. The number of carbonyl (C=O) groups is 2. The van der Waals surface area contributed by atoms with Crippen LogP contribution in [0.15, 0.2) is 91.0 Å². The highest BCUT2D eigenvalue weighted by Gasteiger charge is 2.27. The number of allylic oxidation sites excluding steroid dienone is 1. The largest absolute Gasteiger partial charge is 0.496 e. The van der Waals surface area contributed by atoms with Gasteiger partial charge >= 0.3 is 6.25 Å². The minimum Gasteiger partial charge on any atom is -0.468 e. The fourth-order valence-corrected chi connectivity index (χ4v) is 3.70. The quantitative estimate of drug-likeness (QED) is 0.0822. The van der Waals surface area contributed by atoms with Crippen molar-refractivity contribution in [1.29, 1.82) is 0 Å². The normalized spacial score (nSPS) is 12.8. The first-order chi connectivity index (χ1) is 17.1. The molecule has 0 fully saturated rings. The molecule has 0 saturated heterocycles. The lowest BCUT2D eigenvalue weighted by molar-refractivity contribution is -0.120. The second kappa shape index (κ2) is 15.0. The topological polar surface area (TPSA) is 52.6 Å². The van der Waals surface area contributed by atoms with Gasteiger partial charge in [-0.2, -0.15) is 0 Å². The standard InChI is InChI=1S/C16H13Cl3O3Si.C12H16O/c17-23(18,19)22-12-21-15-9-7-14(8-10-15)16(20)11-6-13-4-2-1-3-5-13;1-9(11(3)13)10(2)12-7-5-4-6-8-12/h1-11H,12H2;4-10H,1-3H3. The summed E-state index contributed by atoms with van der Waals surface area (Å²) in [5.41, 5.74) is 2.76. The third kappa shape index (κ3) is 11.1. The molecule has 0 bridgehead atoms. The fraction of sp³-hybridized carbons (Fsp3) is 0.214. The van der Waals surface area contributed by atoms with Gasteiger partial charge in [-0.05, 0) is 54.3 Å². The molecular weight excluding hydrogens is 535 g/mol. The van der Waals surface area contributed by atoms with Gasteiger partial charge in [0, 0.05) is 11.5 Å². The smallest absolute Gasteiger partial charge is 0.468 e. The molecule has 3 rings (SSSR count). The van der Waals surface area contributed by atoms with Gasteiger partial charge in [0.1, 0.15) is 11.5 Å². The Labute approximate surface area is 228 Å². The lowest BCUT2D eigenvalue weighted by atomic mass is 9.87. The first-order valence-electron chi connectivity index (χ1n) is 11.3. The molecular formula is C28H29Cl3O4Si. The highest BCUT2D eigenvalue weighted by Crippen LogP contribution is 2.24. The molecule has 0 aromatic heterocycles. The van der Waals surface area contributed by atoms with E-state index in [4.69, 9.17) is 42.4 Å². The molecule has 36 heavy (non-hydrogen) atoms. The zero-order valence-corrected chi connectivity index (χ0v) is 23.6. The number of carbonyl (C=O) groups excluding carboxylic acids is 2. The molecule has 2 unspecified atom stereocenters. The predicted molar refractivity (Wildman–Crippen MR) is 151 cm³/mol. The third-order valence-electron chi connectivity index (χ3n) is 5.53. The molecule has 3 aromatic rings. The first kappa shape index (κ1) is 29.8. The van der Waals surface area contributed by atoms with E-state index in [0.717, 1.165) is 5.56 Å². The zero-order chi connectivity index (χ0) is 26.6. The summed E-state index contributed by atoms with van der Waals surface area (Å²) in [6.07, 6.45) is 0.146. The van der Waals surface area contributed by atoms with Crippen LogP contribution >= 0.6 is 33.2 Å². The van der Waals surface area contributed by atoms with Crippen LogP contribution in [-0.2, 0) is 9.22 Å². The number of hydrogen-bond donors (Lipinski definition) is 0. The SMILES string of the molecule is CC(=O)C(C)C(C)c1ccccc1.O=C(C=Cc1ccccc1)c1ccc(OCO[Si](Cl)(Cl)Cl)cc1. The lowest BCUT2D eigenvalue weighted by Crippen LogP contribution is -2.19. The summed E-state index contributed by atoms with van der Waals surface area (Å²) in [7, 11) is 0. The van der Waals surface area contributed by atoms with Gasteiger partial charge in [0.15, 0.2) is 12.6 Å². The van der Waals surface area contributed by atoms with Crippen LogP contribution in [0.1, 0.15) is 48.2 Å². The molecule has 8 heteroatoms. The van der Waals surface area contributed by atoms with E-state index in [9.17, 15) is 9.59 Å². The minimum absolute atomic E-state index is 0.0923. The monoisotopic (exact) mass is 562 g/mol.